The molecule has 0 spiro atoms. The summed E-state index contributed by atoms with van der Waals surface area (Å²) in [4.78, 5) is 18.6. The number of hydrogen-bond donors (Lipinski definition) is 2. The Kier molecular flexibility index (Phi) is 5.53. The number of benzene rings is 1. The number of furan rings is 1. The zero-order valence-corrected chi connectivity index (χ0v) is 14.9. The maximum absolute atomic E-state index is 11.9. The molecule has 0 aliphatic carbocycles. The molecule has 0 unspecified atom stereocenters. The number of nitrogens with zero attached hydrogens (tertiary/aromatic N) is 2. The topological polar surface area (TPSA) is 70.4 Å². The van der Waals surface area contributed by atoms with Crippen molar-refractivity contribution in [2.24, 2.45) is 0 Å². The summed E-state index contributed by atoms with van der Waals surface area (Å²) < 4.78 is 5.06. The summed E-state index contributed by atoms with van der Waals surface area (Å²) in [6.45, 7) is 6.25. The van der Waals surface area contributed by atoms with E-state index < -0.39 is 0 Å². The quantitative estimate of drug-likeness (QED) is 0.656. The maximum atomic E-state index is 11.9. The van der Waals surface area contributed by atoms with Crippen LogP contribution >= 0.6 is 0 Å². The van der Waals surface area contributed by atoms with Gasteiger partial charge in [0.1, 0.15) is 5.82 Å². The van der Waals surface area contributed by atoms with Crippen LogP contribution in [0.5, 0.6) is 0 Å². The number of amides is 1. The van der Waals surface area contributed by atoms with E-state index in [1.54, 1.807) is 24.4 Å². The molecule has 0 atom stereocenters. The summed E-state index contributed by atoms with van der Waals surface area (Å²) in [6.07, 6.45) is 3.07. The molecule has 0 aliphatic heterocycles. The van der Waals surface area contributed by atoms with E-state index in [2.05, 4.69) is 46.5 Å². The molecule has 2 heterocycles. The Morgan fingerprint density at radius 2 is 1.77 bits per heavy atom. The summed E-state index contributed by atoms with van der Waals surface area (Å²) in [5.74, 6) is 0.668. The summed E-state index contributed by atoms with van der Waals surface area (Å²) in [7, 11) is 0. The monoisotopic (exact) mass is 350 g/mol. The average Bonchev–Trinajstić information content (AvgIpc) is 3.21. The van der Waals surface area contributed by atoms with E-state index >= 15 is 0 Å². The number of anilines is 4. The number of carbonyl (C=O) groups is 1. The van der Waals surface area contributed by atoms with Crippen LogP contribution in [0.1, 0.15) is 24.4 Å². The highest BCUT2D eigenvalue weighted by Gasteiger charge is 2.09. The summed E-state index contributed by atoms with van der Waals surface area (Å²) in [6, 6.07) is 15.1. The summed E-state index contributed by atoms with van der Waals surface area (Å²) >= 11 is 0. The van der Waals surface area contributed by atoms with Gasteiger partial charge in [-0.15, -0.1) is 0 Å². The lowest BCUT2D eigenvalue weighted by Gasteiger charge is -2.21. The lowest BCUT2D eigenvalue weighted by molar-refractivity contribution is 0.0996. The second-order valence-corrected chi connectivity index (χ2v) is 5.71. The summed E-state index contributed by atoms with van der Waals surface area (Å²) in [5, 5.41) is 5.99. The van der Waals surface area contributed by atoms with Gasteiger partial charge in [-0.1, -0.05) is 0 Å². The SMILES string of the molecule is CCN(CC)c1ccc(Nc2ccc(NC(=O)c3ccco3)cn2)cc1. The van der Waals surface area contributed by atoms with E-state index in [0.717, 1.165) is 18.8 Å². The van der Waals surface area contributed by atoms with Crippen molar-refractivity contribution < 1.29 is 9.21 Å². The maximum Gasteiger partial charge on any atom is 0.291 e. The number of rotatable bonds is 7. The molecule has 0 aliphatic rings. The van der Waals surface area contributed by atoms with E-state index in [-0.39, 0.29) is 11.7 Å². The normalized spacial score (nSPS) is 10.4. The van der Waals surface area contributed by atoms with Crippen molar-refractivity contribution in [3.05, 3.63) is 66.8 Å². The number of carbonyl (C=O) groups excluding carboxylic acids is 1. The number of aromatic nitrogens is 1. The minimum absolute atomic E-state index is 0.264. The molecule has 0 bridgehead atoms. The van der Waals surface area contributed by atoms with Gasteiger partial charge >= 0.3 is 0 Å². The zero-order chi connectivity index (χ0) is 18.4. The van der Waals surface area contributed by atoms with Gasteiger partial charge in [-0.2, -0.15) is 0 Å². The van der Waals surface area contributed by atoms with Gasteiger partial charge in [0.05, 0.1) is 18.1 Å². The Morgan fingerprint density at radius 1 is 1.04 bits per heavy atom. The minimum Gasteiger partial charge on any atom is -0.459 e. The predicted molar refractivity (Wildman–Crippen MR) is 104 cm³/mol. The fraction of sp³-hybridized carbons (Fsp3) is 0.200. The average molecular weight is 350 g/mol. The summed E-state index contributed by atoms with van der Waals surface area (Å²) in [5.41, 5.74) is 2.76. The largest absolute Gasteiger partial charge is 0.459 e. The molecule has 6 heteroatoms. The van der Waals surface area contributed by atoms with Crippen LogP contribution in [0.25, 0.3) is 0 Å². The van der Waals surface area contributed by atoms with Crippen molar-refractivity contribution in [3.63, 3.8) is 0 Å². The van der Waals surface area contributed by atoms with Gasteiger partial charge < -0.3 is 20.0 Å². The van der Waals surface area contributed by atoms with Crippen molar-refractivity contribution >= 4 is 28.8 Å². The first-order valence-corrected chi connectivity index (χ1v) is 8.62. The lowest BCUT2D eigenvalue weighted by atomic mass is 10.2. The Balaban J connectivity index is 1.61. The highest BCUT2D eigenvalue weighted by molar-refractivity contribution is 6.02. The molecule has 0 saturated heterocycles. The van der Waals surface area contributed by atoms with Crippen molar-refractivity contribution in [1.82, 2.24) is 4.98 Å². The second kappa shape index (κ2) is 8.20. The van der Waals surface area contributed by atoms with Gasteiger partial charge in [-0.25, -0.2) is 4.98 Å². The van der Waals surface area contributed by atoms with Gasteiger partial charge in [0.25, 0.3) is 5.91 Å². The minimum atomic E-state index is -0.301. The van der Waals surface area contributed by atoms with Crippen molar-refractivity contribution in [3.8, 4) is 0 Å². The van der Waals surface area contributed by atoms with Gasteiger partial charge in [0.2, 0.25) is 0 Å². The molecule has 0 radical (unpaired) electrons. The van der Waals surface area contributed by atoms with Crippen LogP contribution < -0.4 is 15.5 Å². The van der Waals surface area contributed by atoms with Gasteiger partial charge in [-0.3, -0.25) is 4.79 Å². The van der Waals surface area contributed by atoms with Gasteiger partial charge in [-0.05, 0) is 62.4 Å². The van der Waals surface area contributed by atoms with Gasteiger partial charge in [0, 0.05) is 24.5 Å². The van der Waals surface area contributed by atoms with Gasteiger partial charge in [0.15, 0.2) is 5.76 Å². The third kappa shape index (κ3) is 4.22. The molecule has 0 fully saturated rings. The van der Waals surface area contributed by atoms with Crippen LogP contribution in [0.2, 0.25) is 0 Å². The number of pyridine rings is 1. The van der Waals surface area contributed by atoms with Crippen LogP contribution in [-0.2, 0) is 0 Å². The van der Waals surface area contributed by atoms with Crippen LogP contribution in [0, 0.1) is 0 Å². The highest BCUT2D eigenvalue weighted by Crippen LogP contribution is 2.21. The Labute approximate surface area is 152 Å². The molecule has 1 aromatic carbocycles. The first-order chi connectivity index (χ1) is 12.7. The Morgan fingerprint density at radius 3 is 2.35 bits per heavy atom. The second-order valence-electron chi connectivity index (χ2n) is 5.71. The van der Waals surface area contributed by atoms with Crippen molar-refractivity contribution in [2.75, 3.05) is 28.6 Å². The molecule has 2 N–H and O–H groups in total. The van der Waals surface area contributed by atoms with Crippen LogP contribution in [0.15, 0.2) is 65.4 Å². The molecule has 1 amide bonds. The molecule has 2 aromatic heterocycles. The van der Waals surface area contributed by atoms with Crippen LogP contribution in [-0.4, -0.2) is 24.0 Å². The van der Waals surface area contributed by atoms with E-state index in [1.807, 2.05) is 18.2 Å². The Hall–Kier alpha value is -3.28. The van der Waals surface area contributed by atoms with E-state index in [0.29, 0.717) is 11.5 Å². The molecule has 0 saturated carbocycles. The fourth-order valence-electron chi connectivity index (χ4n) is 2.63. The molecule has 6 nitrogen and oxygen atoms in total. The number of hydrogen-bond acceptors (Lipinski definition) is 5. The van der Waals surface area contributed by atoms with Crippen molar-refractivity contribution in [2.45, 2.75) is 13.8 Å². The molecular formula is C20H22N4O2. The third-order valence-corrected chi connectivity index (χ3v) is 4.03. The van der Waals surface area contributed by atoms with Crippen LogP contribution in [0.4, 0.5) is 22.9 Å². The molecule has 3 rings (SSSR count). The Bertz CT molecular complexity index is 823. The van der Waals surface area contributed by atoms with E-state index in [1.165, 1.54) is 12.0 Å². The lowest BCUT2D eigenvalue weighted by Crippen LogP contribution is -2.21. The van der Waals surface area contributed by atoms with Crippen molar-refractivity contribution in [1.29, 1.82) is 0 Å². The molecule has 3 aromatic rings. The molecule has 134 valence electrons. The van der Waals surface area contributed by atoms with E-state index in [9.17, 15) is 4.79 Å². The highest BCUT2D eigenvalue weighted by atomic mass is 16.3. The van der Waals surface area contributed by atoms with Crippen LogP contribution in [0.3, 0.4) is 0 Å². The molecular weight excluding hydrogens is 328 g/mol. The molecule has 26 heavy (non-hydrogen) atoms. The zero-order valence-electron chi connectivity index (χ0n) is 14.9. The smallest absolute Gasteiger partial charge is 0.291 e. The standard InChI is InChI=1S/C20H22N4O2/c1-3-24(4-2)17-10-7-15(8-11-17)22-19-12-9-16(14-21-19)23-20(25)18-6-5-13-26-18/h5-14H,3-4H2,1-2H3,(H,21,22)(H,23,25). The first-order valence-electron chi connectivity index (χ1n) is 8.62. The first kappa shape index (κ1) is 17.5. The van der Waals surface area contributed by atoms with E-state index in [4.69, 9.17) is 4.42 Å². The number of nitrogens with one attached hydrogen (secondary N) is 2. The fourth-order valence-corrected chi connectivity index (χ4v) is 2.63. The predicted octanol–water partition coefficient (Wildman–Crippen LogP) is 4.52. The third-order valence-electron chi connectivity index (χ3n) is 4.03.